The molecule has 1 amide bonds. The molecule has 0 aliphatic rings. The molecule has 1 aromatic carbocycles. The van der Waals surface area contributed by atoms with Gasteiger partial charge in [-0.05, 0) is 30.7 Å². The number of benzene rings is 1. The summed E-state index contributed by atoms with van der Waals surface area (Å²) in [5.41, 5.74) is 2.47. The molecule has 0 aliphatic carbocycles. The molecule has 0 radical (unpaired) electrons. The molecule has 0 saturated carbocycles. The Morgan fingerprint density at radius 3 is 3.00 bits per heavy atom. The number of rotatable bonds is 6. The van der Waals surface area contributed by atoms with E-state index in [0.29, 0.717) is 35.9 Å². The number of nitrogens with zero attached hydrogens (tertiary/aromatic N) is 3. The fraction of sp³-hybridized carbons (Fsp3) is 0.211. The summed E-state index contributed by atoms with van der Waals surface area (Å²) < 4.78 is 12.5. The van der Waals surface area contributed by atoms with Crippen molar-refractivity contribution in [3.05, 3.63) is 54.4 Å². The van der Waals surface area contributed by atoms with Crippen molar-refractivity contribution in [3.8, 4) is 11.5 Å². The van der Waals surface area contributed by atoms with E-state index in [-0.39, 0.29) is 5.91 Å². The van der Waals surface area contributed by atoms with Crippen LogP contribution in [0.4, 0.5) is 0 Å². The molecular formula is C19H18N4O3. The number of para-hydroxylation sites is 1. The van der Waals surface area contributed by atoms with Crippen LogP contribution < -0.4 is 5.32 Å². The van der Waals surface area contributed by atoms with Crippen molar-refractivity contribution in [1.82, 2.24) is 19.9 Å². The van der Waals surface area contributed by atoms with Crippen LogP contribution in [0.3, 0.4) is 0 Å². The van der Waals surface area contributed by atoms with Gasteiger partial charge in [-0.2, -0.15) is 5.10 Å². The summed E-state index contributed by atoms with van der Waals surface area (Å²) in [4.78, 5) is 16.6. The third kappa shape index (κ3) is 3.04. The van der Waals surface area contributed by atoms with Crippen LogP contribution in [-0.4, -0.2) is 40.8 Å². The topological polar surface area (TPSA) is 81.7 Å². The maximum atomic E-state index is 12.3. The van der Waals surface area contributed by atoms with Crippen LogP contribution in [0.25, 0.3) is 28.1 Å². The van der Waals surface area contributed by atoms with Gasteiger partial charge in [0.05, 0.1) is 6.20 Å². The lowest BCUT2D eigenvalue weighted by molar-refractivity contribution is 0.0942. The number of amides is 1. The monoisotopic (exact) mass is 350 g/mol. The summed E-state index contributed by atoms with van der Waals surface area (Å²) in [5.74, 6) is 0.427. The van der Waals surface area contributed by atoms with Gasteiger partial charge in [-0.1, -0.05) is 18.2 Å². The predicted molar refractivity (Wildman–Crippen MR) is 97.0 cm³/mol. The summed E-state index contributed by atoms with van der Waals surface area (Å²) in [6, 6.07) is 13.2. The van der Waals surface area contributed by atoms with Crippen molar-refractivity contribution in [2.75, 3.05) is 20.3 Å². The van der Waals surface area contributed by atoms with Gasteiger partial charge in [-0.3, -0.25) is 4.79 Å². The van der Waals surface area contributed by atoms with Crippen LogP contribution in [0.15, 0.2) is 53.1 Å². The summed E-state index contributed by atoms with van der Waals surface area (Å²) >= 11 is 0. The highest BCUT2D eigenvalue weighted by atomic mass is 16.5. The van der Waals surface area contributed by atoms with Crippen LogP contribution in [0.5, 0.6) is 0 Å². The maximum absolute atomic E-state index is 12.3. The second kappa shape index (κ2) is 6.97. The number of furan rings is 1. The number of carbonyl (C=O) groups is 1. The molecule has 0 bridgehead atoms. The van der Waals surface area contributed by atoms with E-state index in [1.54, 1.807) is 30.0 Å². The Morgan fingerprint density at radius 2 is 2.15 bits per heavy atom. The molecule has 0 saturated heterocycles. The lowest BCUT2D eigenvalue weighted by Crippen LogP contribution is -2.26. The molecule has 1 N–H and O–H groups in total. The molecule has 4 aromatic rings. The Balaban J connectivity index is 1.65. The Morgan fingerprint density at radius 1 is 1.27 bits per heavy atom. The zero-order valence-electron chi connectivity index (χ0n) is 14.3. The number of carbonyl (C=O) groups excluding carboxylic acids is 1. The standard InChI is InChI=1S/C19H18N4O3/c1-25-10-4-9-20-19(24)14-7-8-18-21-12-15(23(18)22-14)17-11-13-5-2-3-6-16(13)26-17/h2-3,5-8,11-12H,4,9-10H2,1H3,(H,20,24). The first-order valence-electron chi connectivity index (χ1n) is 8.37. The van der Waals surface area contributed by atoms with Crippen molar-refractivity contribution in [2.24, 2.45) is 0 Å². The molecule has 0 spiro atoms. The van der Waals surface area contributed by atoms with Crippen molar-refractivity contribution in [3.63, 3.8) is 0 Å². The molecule has 3 aromatic heterocycles. The predicted octanol–water partition coefficient (Wildman–Crippen LogP) is 2.91. The van der Waals surface area contributed by atoms with Gasteiger partial charge in [-0.25, -0.2) is 9.50 Å². The van der Waals surface area contributed by atoms with Crippen LogP contribution in [0.1, 0.15) is 16.9 Å². The number of fused-ring (bicyclic) bond motifs is 2. The smallest absolute Gasteiger partial charge is 0.271 e. The molecule has 26 heavy (non-hydrogen) atoms. The lowest BCUT2D eigenvalue weighted by atomic mass is 10.2. The van der Waals surface area contributed by atoms with Crippen molar-refractivity contribution in [2.45, 2.75) is 6.42 Å². The zero-order valence-corrected chi connectivity index (χ0v) is 14.3. The van der Waals surface area contributed by atoms with E-state index in [1.165, 1.54) is 0 Å². The number of imidazole rings is 1. The molecule has 0 aliphatic heterocycles. The molecule has 0 unspecified atom stereocenters. The molecular weight excluding hydrogens is 332 g/mol. The first kappa shape index (κ1) is 16.3. The molecule has 132 valence electrons. The minimum atomic E-state index is -0.229. The van der Waals surface area contributed by atoms with E-state index in [4.69, 9.17) is 9.15 Å². The van der Waals surface area contributed by atoms with E-state index in [9.17, 15) is 4.79 Å². The van der Waals surface area contributed by atoms with E-state index >= 15 is 0 Å². The van der Waals surface area contributed by atoms with Crippen molar-refractivity contribution in [1.29, 1.82) is 0 Å². The quantitative estimate of drug-likeness (QED) is 0.541. The largest absolute Gasteiger partial charge is 0.454 e. The normalized spacial score (nSPS) is 11.3. The summed E-state index contributed by atoms with van der Waals surface area (Å²) in [5, 5.41) is 8.27. The molecule has 4 rings (SSSR count). The molecule has 0 fully saturated rings. The van der Waals surface area contributed by atoms with Crippen LogP contribution in [0.2, 0.25) is 0 Å². The number of hydrogen-bond donors (Lipinski definition) is 1. The van der Waals surface area contributed by atoms with Gasteiger partial charge in [0.2, 0.25) is 0 Å². The highest BCUT2D eigenvalue weighted by molar-refractivity contribution is 5.92. The second-order valence-corrected chi connectivity index (χ2v) is 5.88. The lowest BCUT2D eigenvalue weighted by Gasteiger charge is -2.05. The second-order valence-electron chi connectivity index (χ2n) is 5.88. The van der Waals surface area contributed by atoms with Gasteiger partial charge in [0.1, 0.15) is 17.0 Å². The third-order valence-electron chi connectivity index (χ3n) is 4.08. The fourth-order valence-corrected chi connectivity index (χ4v) is 2.78. The summed E-state index contributed by atoms with van der Waals surface area (Å²) in [6.45, 7) is 1.14. The van der Waals surface area contributed by atoms with Crippen molar-refractivity contribution >= 4 is 22.5 Å². The van der Waals surface area contributed by atoms with Crippen LogP contribution in [0, 0.1) is 0 Å². The number of hydrogen-bond acceptors (Lipinski definition) is 5. The van der Waals surface area contributed by atoms with Gasteiger partial charge >= 0.3 is 0 Å². The molecule has 7 nitrogen and oxygen atoms in total. The van der Waals surface area contributed by atoms with Gasteiger partial charge in [-0.15, -0.1) is 0 Å². The zero-order chi connectivity index (χ0) is 17.9. The average Bonchev–Trinajstić information content (AvgIpc) is 3.27. The fourth-order valence-electron chi connectivity index (χ4n) is 2.78. The molecule has 0 atom stereocenters. The maximum Gasteiger partial charge on any atom is 0.271 e. The SMILES string of the molecule is COCCCNC(=O)c1ccc2ncc(-c3cc4ccccc4o3)n2n1. The first-order chi connectivity index (χ1) is 12.8. The average molecular weight is 350 g/mol. The van der Waals surface area contributed by atoms with Gasteiger partial charge in [0.25, 0.3) is 5.91 Å². The summed E-state index contributed by atoms with van der Waals surface area (Å²) in [7, 11) is 1.63. The Hall–Kier alpha value is -3.19. The number of ether oxygens (including phenoxy) is 1. The highest BCUT2D eigenvalue weighted by Gasteiger charge is 2.14. The Labute approximate surface area is 149 Å². The molecule has 3 heterocycles. The molecule has 7 heteroatoms. The summed E-state index contributed by atoms with van der Waals surface area (Å²) in [6.07, 6.45) is 2.44. The van der Waals surface area contributed by atoms with E-state index in [0.717, 1.165) is 17.4 Å². The Kier molecular flexibility index (Phi) is 4.37. The minimum absolute atomic E-state index is 0.229. The number of aromatic nitrogens is 3. The highest BCUT2D eigenvalue weighted by Crippen LogP contribution is 2.27. The Bertz CT molecular complexity index is 1030. The first-order valence-corrected chi connectivity index (χ1v) is 8.37. The minimum Gasteiger partial charge on any atom is -0.454 e. The van der Waals surface area contributed by atoms with Crippen LogP contribution >= 0.6 is 0 Å². The van der Waals surface area contributed by atoms with E-state index < -0.39 is 0 Å². The van der Waals surface area contributed by atoms with Gasteiger partial charge < -0.3 is 14.5 Å². The number of nitrogens with one attached hydrogen (secondary N) is 1. The van der Waals surface area contributed by atoms with Gasteiger partial charge in [0.15, 0.2) is 11.4 Å². The van der Waals surface area contributed by atoms with Gasteiger partial charge in [0, 0.05) is 25.6 Å². The van der Waals surface area contributed by atoms with Crippen molar-refractivity contribution < 1.29 is 13.9 Å². The third-order valence-corrected chi connectivity index (χ3v) is 4.08. The van der Waals surface area contributed by atoms with E-state index in [2.05, 4.69) is 15.4 Å². The van der Waals surface area contributed by atoms with Crippen LogP contribution in [-0.2, 0) is 4.74 Å². The number of methoxy groups -OCH3 is 1. The van der Waals surface area contributed by atoms with E-state index in [1.807, 2.05) is 30.3 Å².